The van der Waals surface area contributed by atoms with E-state index in [0.717, 1.165) is 6.54 Å². The summed E-state index contributed by atoms with van der Waals surface area (Å²) in [5, 5.41) is 5.13. The van der Waals surface area contributed by atoms with Crippen molar-refractivity contribution in [2.75, 3.05) is 11.4 Å². The zero-order valence-corrected chi connectivity index (χ0v) is 43.2. The van der Waals surface area contributed by atoms with Crippen LogP contribution in [-0.4, -0.2) is 12.6 Å². The maximum atomic E-state index is 2.56. The second-order valence-electron chi connectivity index (χ2n) is 22.4. The molecule has 0 fully saturated rings. The lowest BCUT2D eigenvalue weighted by Crippen LogP contribution is -2.32. The zero-order valence-electron chi connectivity index (χ0n) is 43.2. The minimum absolute atomic E-state index is 0.0132. The van der Waals surface area contributed by atoms with Crippen molar-refractivity contribution in [3.63, 3.8) is 0 Å². The Labute approximate surface area is 432 Å². The van der Waals surface area contributed by atoms with Crippen LogP contribution in [0.15, 0.2) is 231 Å². The fourth-order valence-electron chi connectivity index (χ4n) is 11.7. The normalized spacial score (nSPS) is 15.4. The van der Waals surface area contributed by atoms with Crippen molar-refractivity contribution in [3.05, 3.63) is 253 Å². The molecule has 2 aliphatic rings. The number of benzene rings is 10. The molecule has 1 heterocycles. The number of fused-ring (bicyclic) bond motifs is 5. The number of nitrogens with zero attached hydrogens (tertiary/aromatic N) is 1. The molecule has 12 rings (SSSR count). The Bertz CT molecular complexity index is 3730. The lowest BCUT2D eigenvalue weighted by atomic mass is 9.79. The van der Waals surface area contributed by atoms with Crippen molar-refractivity contribution in [2.24, 2.45) is 0 Å². The standard InChI is InChI=1S/C72H63N/c1-8-73-67-41-35-57(48-17-13-10-14-18-48)43-63(67)64-44-58(36-42-68(64)73)54-25-23-51(24-26-54)53-29-33-56(34-30-53)70-62-40-38-59(71(2,3)4)45-65(62)69(61-39-37-60(46-66(61)70)72(5,6)7)55-31-27-52(28-32-55)50-21-19-49(20-22-50)47-15-11-9-12-16-47/h9-46,64,68H,8H2,1-7H3. The molecule has 1 aliphatic carbocycles. The molecule has 1 heteroatoms. The number of likely N-dealkylation sites (N-methyl/N-ethyl adjacent to an activating group) is 1. The van der Waals surface area contributed by atoms with Crippen LogP contribution >= 0.6 is 0 Å². The van der Waals surface area contributed by atoms with E-state index in [1.807, 2.05) is 0 Å². The number of hydrogen-bond acceptors (Lipinski definition) is 1. The van der Waals surface area contributed by atoms with Crippen LogP contribution in [0.25, 0.3) is 93.9 Å². The summed E-state index contributed by atoms with van der Waals surface area (Å²) in [6.45, 7) is 17.2. The van der Waals surface area contributed by atoms with Gasteiger partial charge in [-0.15, -0.1) is 0 Å². The highest BCUT2D eigenvalue weighted by molar-refractivity contribution is 6.21. The summed E-state index contributed by atoms with van der Waals surface area (Å²) in [6, 6.07) is 80.0. The van der Waals surface area contributed by atoms with E-state index in [4.69, 9.17) is 0 Å². The minimum Gasteiger partial charge on any atom is -0.364 e. The Kier molecular flexibility index (Phi) is 11.5. The van der Waals surface area contributed by atoms with E-state index in [-0.39, 0.29) is 10.8 Å². The largest absolute Gasteiger partial charge is 0.364 e. The fourth-order valence-corrected chi connectivity index (χ4v) is 11.7. The van der Waals surface area contributed by atoms with Gasteiger partial charge in [0.25, 0.3) is 0 Å². The SMILES string of the molecule is CCN1c2ccc(-c3ccccc3)cc2C2C=C(c3ccc(-c4ccc(-c5c6ccc(C(C)(C)C)cc6c(-c6ccc(-c7ccc(-c8ccccc8)cc7)cc6)c6ccc(C(C)(C)C)cc56)cc4)cc3)C=CC21. The van der Waals surface area contributed by atoms with Crippen molar-refractivity contribution in [1.82, 2.24) is 0 Å². The smallest absolute Gasteiger partial charge is 0.0580 e. The van der Waals surface area contributed by atoms with Gasteiger partial charge in [0.15, 0.2) is 0 Å². The van der Waals surface area contributed by atoms with Crippen LogP contribution < -0.4 is 4.90 Å². The van der Waals surface area contributed by atoms with Crippen molar-refractivity contribution in [2.45, 2.75) is 71.3 Å². The van der Waals surface area contributed by atoms with E-state index < -0.39 is 0 Å². The Morgan fingerprint density at radius 3 is 1.18 bits per heavy atom. The molecule has 1 nitrogen and oxygen atoms in total. The highest BCUT2D eigenvalue weighted by Crippen LogP contribution is 2.49. The molecule has 0 saturated heterocycles. The molecular formula is C72H63N. The van der Waals surface area contributed by atoms with E-state index in [9.17, 15) is 0 Å². The van der Waals surface area contributed by atoms with Crippen molar-refractivity contribution < 1.29 is 0 Å². The zero-order chi connectivity index (χ0) is 50.0. The number of hydrogen-bond donors (Lipinski definition) is 0. The van der Waals surface area contributed by atoms with Gasteiger partial charge in [0, 0.05) is 18.2 Å². The number of anilines is 1. The van der Waals surface area contributed by atoms with Gasteiger partial charge < -0.3 is 4.90 Å². The Balaban J connectivity index is 0.902. The van der Waals surface area contributed by atoms with Gasteiger partial charge in [-0.05, 0) is 158 Å². The summed E-state index contributed by atoms with van der Waals surface area (Å²) in [6.07, 6.45) is 7.28. The molecule has 0 aromatic heterocycles. The van der Waals surface area contributed by atoms with Gasteiger partial charge in [0.05, 0.1) is 6.04 Å². The molecule has 1 aliphatic heterocycles. The maximum Gasteiger partial charge on any atom is 0.0580 e. The fraction of sp³-hybridized carbons (Fsp3) is 0.167. The molecule has 10 aromatic carbocycles. The van der Waals surface area contributed by atoms with E-state index in [1.54, 1.807) is 0 Å². The molecule has 0 saturated carbocycles. The minimum atomic E-state index is -0.0150. The lowest BCUT2D eigenvalue weighted by Gasteiger charge is -2.28. The first kappa shape index (κ1) is 46.1. The van der Waals surface area contributed by atoms with Gasteiger partial charge >= 0.3 is 0 Å². The molecule has 0 N–H and O–H groups in total. The average molecular weight is 942 g/mol. The topological polar surface area (TPSA) is 3.24 Å². The molecule has 73 heavy (non-hydrogen) atoms. The van der Waals surface area contributed by atoms with Crippen LogP contribution in [0.5, 0.6) is 0 Å². The monoisotopic (exact) mass is 941 g/mol. The summed E-state index contributed by atoms with van der Waals surface area (Å²) in [5.41, 5.74) is 22.9. The predicted octanol–water partition coefficient (Wildman–Crippen LogP) is 19.5. The first-order valence-electron chi connectivity index (χ1n) is 26.3. The van der Waals surface area contributed by atoms with Gasteiger partial charge in [-0.25, -0.2) is 0 Å². The summed E-state index contributed by atoms with van der Waals surface area (Å²) in [5.74, 6) is 0.307. The number of allylic oxidation sites excluding steroid dienone is 2. The second-order valence-corrected chi connectivity index (χ2v) is 22.4. The maximum absolute atomic E-state index is 2.56. The molecule has 10 aromatic rings. The quantitative estimate of drug-likeness (QED) is 0.137. The molecule has 356 valence electrons. The van der Waals surface area contributed by atoms with E-state index >= 15 is 0 Å². The third-order valence-electron chi connectivity index (χ3n) is 15.8. The highest BCUT2D eigenvalue weighted by atomic mass is 15.2. The van der Waals surface area contributed by atoms with E-state index in [0.29, 0.717) is 12.0 Å². The van der Waals surface area contributed by atoms with Crippen LogP contribution in [0, 0.1) is 0 Å². The van der Waals surface area contributed by atoms with Crippen LogP contribution in [0.4, 0.5) is 5.69 Å². The summed E-state index contributed by atoms with van der Waals surface area (Å²) >= 11 is 0. The lowest BCUT2D eigenvalue weighted by molar-refractivity contribution is 0.590. The predicted molar refractivity (Wildman–Crippen MR) is 315 cm³/mol. The summed E-state index contributed by atoms with van der Waals surface area (Å²) in [4.78, 5) is 2.56. The van der Waals surface area contributed by atoms with Gasteiger partial charge in [-0.1, -0.05) is 248 Å². The second kappa shape index (κ2) is 18.2. The highest BCUT2D eigenvalue weighted by Gasteiger charge is 2.37. The van der Waals surface area contributed by atoms with Crippen LogP contribution in [-0.2, 0) is 10.8 Å². The summed E-state index contributed by atoms with van der Waals surface area (Å²) < 4.78 is 0. The van der Waals surface area contributed by atoms with Gasteiger partial charge in [-0.2, -0.15) is 0 Å². The van der Waals surface area contributed by atoms with Crippen molar-refractivity contribution >= 4 is 32.8 Å². The van der Waals surface area contributed by atoms with Gasteiger partial charge in [0.1, 0.15) is 0 Å². The Morgan fingerprint density at radius 2 is 0.753 bits per heavy atom. The van der Waals surface area contributed by atoms with Crippen molar-refractivity contribution in [1.29, 1.82) is 0 Å². The first-order valence-corrected chi connectivity index (χ1v) is 26.3. The molecule has 0 radical (unpaired) electrons. The molecule has 0 bridgehead atoms. The van der Waals surface area contributed by atoms with Crippen LogP contribution in [0.2, 0.25) is 0 Å². The average Bonchev–Trinajstić information content (AvgIpc) is 3.74. The van der Waals surface area contributed by atoms with Gasteiger partial charge in [0.2, 0.25) is 0 Å². The van der Waals surface area contributed by atoms with Crippen LogP contribution in [0.3, 0.4) is 0 Å². The molecular weight excluding hydrogens is 879 g/mol. The molecule has 2 atom stereocenters. The van der Waals surface area contributed by atoms with Gasteiger partial charge in [-0.3, -0.25) is 0 Å². The third-order valence-corrected chi connectivity index (χ3v) is 15.8. The van der Waals surface area contributed by atoms with E-state index in [1.165, 1.54) is 122 Å². The van der Waals surface area contributed by atoms with Crippen LogP contribution in [0.1, 0.15) is 76.6 Å². The van der Waals surface area contributed by atoms with E-state index in [2.05, 4.69) is 284 Å². The Hall–Kier alpha value is -8.00. The third kappa shape index (κ3) is 8.51. The molecule has 2 unspecified atom stereocenters. The number of rotatable bonds is 8. The molecule has 0 spiro atoms. The van der Waals surface area contributed by atoms with Crippen molar-refractivity contribution in [3.8, 4) is 66.8 Å². The summed E-state index contributed by atoms with van der Waals surface area (Å²) in [7, 11) is 0. The Morgan fingerprint density at radius 1 is 0.370 bits per heavy atom. The first-order chi connectivity index (χ1) is 35.4. The molecule has 0 amide bonds.